The number of nitrogens with one attached hydrogen (secondary N) is 1. The Morgan fingerprint density at radius 2 is 1.71 bits per heavy atom. The van der Waals surface area contributed by atoms with Crippen molar-refractivity contribution in [1.82, 2.24) is 0 Å². The molecule has 4 rings (SSSR count). The van der Waals surface area contributed by atoms with E-state index in [1.54, 1.807) is 30.3 Å². The maximum absolute atomic E-state index is 13.8. The van der Waals surface area contributed by atoms with Crippen LogP contribution < -0.4 is 24.8 Å². The Morgan fingerprint density at radius 1 is 0.974 bits per heavy atom. The molecule has 198 valence electrons. The fourth-order valence-electron chi connectivity index (χ4n) is 4.57. The predicted octanol–water partition coefficient (Wildman–Crippen LogP) is 5.77. The lowest BCUT2D eigenvalue weighted by Gasteiger charge is -2.34. The van der Waals surface area contributed by atoms with Crippen LogP contribution in [0.3, 0.4) is 0 Å². The minimum Gasteiger partial charge on any atom is -0.497 e. The van der Waals surface area contributed by atoms with E-state index in [1.807, 2.05) is 43.3 Å². The molecule has 1 amide bonds. The average Bonchev–Trinajstić information content (AvgIpc) is 2.95. The highest BCUT2D eigenvalue weighted by Gasteiger charge is 2.24. The number of hydrogen-bond donors (Lipinski definition) is 2. The number of carbonyl (C=O) groups excluding carboxylic acids is 1. The Labute approximate surface area is 223 Å². The van der Waals surface area contributed by atoms with E-state index in [0.29, 0.717) is 5.56 Å². The highest BCUT2D eigenvalue weighted by molar-refractivity contribution is 6.07. The SMILES string of the molecule is COc1ccc(NN(C(=O)/C=C/c2ccc(C(=O)O)c(OC)c2)c2c(C)cccc2N2CCCCC2)cc1. The summed E-state index contributed by atoms with van der Waals surface area (Å²) >= 11 is 0. The van der Waals surface area contributed by atoms with Crippen LogP contribution >= 0.6 is 0 Å². The number of hydrogen-bond acceptors (Lipinski definition) is 6. The third-order valence-electron chi connectivity index (χ3n) is 6.56. The van der Waals surface area contributed by atoms with Gasteiger partial charge in [0.1, 0.15) is 17.1 Å². The second-order valence-electron chi connectivity index (χ2n) is 9.10. The van der Waals surface area contributed by atoms with E-state index in [4.69, 9.17) is 9.47 Å². The number of amides is 1. The van der Waals surface area contributed by atoms with Crippen LogP contribution in [0.5, 0.6) is 11.5 Å². The summed E-state index contributed by atoms with van der Waals surface area (Å²) in [4.78, 5) is 27.5. The number of carbonyl (C=O) groups is 2. The van der Waals surface area contributed by atoms with E-state index in [1.165, 1.54) is 25.7 Å². The molecule has 0 unspecified atom stereocenters. The predicted molar refractivity (Wildman–Crippen MR) is 150 cm³/mol. The summed E-state index contributed by atoms with van der Waals surface area (Å²) in [6, 6.07) is 18.2. The smallest absolute Gasteiger partial charge is 0.339 e. The number of methoxy groups -OCH3 is 2. The number of anilines is 3. The van der Waals surface area contributed by atoms with Gasteiger partial charge in [0.2, 0.25) is 0 Å². The number of benzene rings is 3. The maximum atomic E-state index is 13.8. The Morgan fingerprint density at radius 3 is 2.37 bits per heavy atom. The molecule has 0 saturated carbocycles. The lowest BCUT2D eigenvalue weighted by Crippen LogP contribution is -2.38. The van der Waals surface area contributed by atoms with E-state index in [2.05, 4.69) is 16.4 Å². The number of ether oxygens (including phenoxy) is 2. The van der Waals surface area contributed by atoms with Gasteiger partial charge in [-0.05, 0) is 85.9 Å². The minimum atomic E-state index is -1.08. The van der Waals surface area contributed by atoms with Crippen molar-refractivity contribution in [3.8, 4) is 11.5 Å². The largest absolute Gasteiger partial charge is 0.497 e. The quantitative estimate of drug-likeness (QED) is 0.276. The molecule has 1 fully saturated rings. The van der Waals surface area contributed by atoms with Crippen molar-refractivity contribution in [2.24, 2.45) is 0 Å². The summed E-state index contributed by atoms with van der Waals surface area (Å²) in [7, 11) is 3.03. The summed E-state index contributed by atoms with van der Waals surface area (Å²) < 4.78 is 10.5. The summed E-state index contributed by atoms with van der Waals surface area (Å²) in [5.74, 6) is -0.411. The molecule has 1 aliphatic heterocycles. The number of piperidine rings is 1. The number of carboxylic acid groups (broad SMARTS) is 1. The molecule has 3 aromatic rings. The standard InChI is InChI=1S/C30H33N3O5/c1-21-8-7-9-26(32-18-5-4-6-19-32)29(21)33(31-23-12-14-24(37-2)15-13-23)28(34)17-11-22-10-16-25(30(35)36)27(20-22)38-3/h7-17,20,31H,4-6,18-19H2,1-3H3,(H,35,36)/b17-11+. The van der Waals surface area contributed by atoms with Gasteiger partial charge in [0, 0.05) is 19.2 Å². The van der Waals surface area contributed by atoms with Gasteiger partial charge in [-0.1, -0.05) is 18.2 Å². The number of hydrazine groups is 1. The topological polar surface area (TPSA) is 91.3 Å². The zero-order valence-corrected chi connectivity index (χ0v) is 21.9. The molecular formula is C30H33N3O5. The van der Waals surface area contributed by atoms with Crippen molar-refractivity contribution in [2.45, 2.75) is 26.2 Å². The number of carboxylic acids is 1. The van der Waals surface area contributed by atoms with Crippen LogP contribution in [-0.2, 0) is 4.79 Å². The summed E-state index contributed by atoms with van der Waals surface area (Å²) in [5.41, 5.74) is 7.48. The van der Waals surface area contributed by atoms with Crippen molar-refractivity contribution in [2.75, 3.05) is 42.6 Å². The first-order valence-corrected chi connectivity index (χ1v) is 12.6. The first kappa shape index (κ1) is 26.6. The van der Waals surface area contributed by atoms with E-state index < -0.39 is 5.97 Å². The van der Waals surface area contributed by atoms with Crippen LogP contribution in [0.4, 0.5) is 17.1 Å². The van der Waals surface area contributed by atoms with E-state index >= 15 is 0 Å². The molecule has 0 radical (unpaired) electrons. The van der Waals surface area contributed by atoms with Gasteiger partial charge in [-0.25, -0.2) is 9.80 Å². The van der Waals surface area contributed by atoms with Gasteiger partial charge >= 0.3 is 5.97 Å². The highest BCUT2D eigenvalue weighted by atomic mass is 16.5. The zero-order valence-electron chi connectivity index (χ0n) is 21.9. The van der Waals surface area contributed by atoms with Gasteiger partial charge in [-0.15, -0.1) is 0 Å². The van der Waals surface area contributed by atoms with E-state index in [-0.39, 0.29) is 17.2 Å². The molecule has 8 heteroatoms. The Kier molecular flexibility index (Phi) is 8.53. The monoisotopic (exact) mass is 515 g/mol. The lowest BCUT2D eigenvalue weighted by molar-refractivity contribution is -0.113. The Hall–Kier alpha value is -4.46. The Bertz CT molecular complexity index is 1310. The first-order valence-electron chi connectivity index (χ1n) is 12.6. The van der Waals surface area contributed by atoms with Gasteiger partial charge in [-0.2, -0.15) is 0 Å². The van der Waals surface area contributed by atoms with Crippen molar-refractivity contribution in [3.05, 3.63) is 83.4 Å². The highest BCUT2D eigenvalue weighted by Crippen LogP contribution is 2.35. The summed E-state index contributed by atoms with van der Waals surface area (Å²) in [6.07, 6.45) is 6.55. The summed E-state index contributed by atoms with van der Waals surface area (Å²) in [6.45, 7) is 3.87. The fourth-order valence-corrected chi connectivity index (χ4v) is 4.57. The van der Waals surface area contributed by atoms with Gasteiger partial charge in [-0.3, -0.25) is 10.2 Å². The molecule has 1 heterocycles. The van der Waals surface area contributed by atoms with Crippen LogP contribution in [0.1, 0.15) is 40.7 Å². The van der Waals surface area contributed by atoms with Crippen LogP contribution in [0, 0.1) is 6.92 Å². The first-order chi connectivity index (χ1) is 18.4. The molecule has 8 nitrogen and oxygen atoms in total. The Balaban J connectivity index is 1.71. The number of para-hydroxylation sites is 1. The third kappa shape index (κ3) is 6.08. The molecule has 2 N–H and O–H groups in total. The van der Waals surface area contributed by atoms with Crippen molar-refractivity contribution in [3.63, 3.8) is 0 Å². The van der Waals surface area contributed by atoms with Crippen molar-refractivity contribution < 1.29 is 24.2 Å². The van der Waals surface area contributed by atoms with Crippen LogP contribution in [0.25, 0.3) is 6.08 Å². The second-order valence-corrected chi connectivity index (χ2v) is 9.10. The molecule has 1 saturated heterocycles. The number of aryl methyl sites for hydroxylation is 1. The third-order valence-corrected chi connectivity index (χ3v) is 6.56. The second kappa shape index (κ2) is 12.2. The lowest BCUT2D eigenvalue weighted by atomic mass is 10.1. The van der Waals surface area contributed by atoms with Gasteiger partial charge in [0.15, 0.2) is 0 Å². The molecular weight excluding hydrogens is 482 g/mol. The molecule has 0 aromatic heterocycles. The molecule has 0 atom stereocenters. The zero-order chi connectivity index (χ0) is 27.1. The fraction of sp³-hybridized carbons (Fsp3) is 0.267. The van der Waals surface area contributed by atoms with Crippen molar-refractivity contribution in [1.29, 1.82) is 0 Å². The average molecular weight is 516 g/mol. The minimum absolute atomic E-state index is 0.0601. The molecule has 0 bridgehead atoms. The molecule has 1 aliphatic rings. The summed E-state index contributed by atoms with van der Waals surface area (Å²) in [5, 5.41) is 10.9. The molecule has 0 spiro atoms. The number of rotatable bonds is 9. The van der Waals surface area contributed by atoms with Crippen LogP contribution in [-0.4, -0.2) is 44.3 Å². The maximum Gasteiger partial charge on any atom is 0.339 e. The molecule has 3 aromatic carbocycles. The number of nitrogens with zero attached hydrogens (tertiary/aromatic N) is 2. The number of aromatic carboxylic acids is 1. The van der Waals surface area contributed by atoms with Gasteiger partial charge in [0.05, 0.1) is 31.3 Å². The van der Waals surface area contributed by atoms with Gasteiger partial charge < -0.3 is 19.5 Å². The van der Waals surface area contributed by atoms with Crippen LogP contribution in [0.2, 0.25) is 0 Å². The normalized spacial score (nSPS) is 13.3. The molecule has 38 heavy (non-hydrogen) atoms. The van der Waals surface area contributed by atoms with Crippen LogP contribution in [0.15, 0.2) is 66.7 Å². The van der Waals surface area contributed by atoms with E-state index in [9.17, 15) is 14.7 Å². The van der Waals surface area contributed by atoms with E-state index in [0.717, 1.165) is 54.3 Å². The molecule has 0 aliphatic carbocycles. The van der Waals surface area contributed by atoms with Crippen molar-refractivity contribution >= 4 is 35.0 Å². The van der Waals surface area contributed by atoms with Gasteiger partial charge in [0.25, 0.3) is 5.91 Å².